The molecule has 0 aromatic heterocycles. The number of benzene rings is 1. The summed E-state index contributed by atoms with van der Waals surface area (Å²) < 4.78 is 10.3. The van der Waals surface area contributed by atoms with Gasteiger partial charge < -0.3 is 14.8 Å². The Bertz CT molecular complexity index is 468. The molecular formula is C13H20N2O4S. The van der Waals surface area contributed by atoms with Crippen LogP contribution < -0.4 is 14.8 Å². The van der Waals surface area contributed by atoms with Crippen LogP contribution in [0.4, 0.5) is 11.4 Å². The lowest BCUT2D eigenvalue weighted by Gasteiger charge is -2.14. The molecule has 1 N–H and O–H groups in total. The standard InChI is InChI=1S/C13H20N2O4S/c1-9(8-20-4)7-14-10-5-12(18-2)13(19-3)6-11(10)15(16)17/h5-6,9,14H,7-8H2,1-4H3. The van der Waals surface area contributed by atoms with Gasteiger partial charge in [0.15, 0.2) is 11.5 Å². The summed E-state index contributed by atoms with van der Waals surface area (Å²) in [6.07, 6.45) is 2.04. The van der Waals surface area contributed by atoms with Crippen molar-refractivity contribution in [1.82, 2.24) is 0 Å². The first kappa shape index (κ1) is 16.4. The zero-order chi connectivity index (χ0) is 15.1. The third-order valence-electron chi connectivity index (χ3n) is 2.79. The van der Waals surface area contributed by atoms with Crippen molar-refractivity contribution < 1.29 is 14.4 Å². The number of anilines is 1. The lowest BCUT2D eigenvalue weighted by Crippen LogP contribution is -2.14. The van der Waals surface area contributed by atoms with Gasteiger partial charge >= 0.3 is 0 Å². The Balaban J connectivity index is 3.00. The molecule has 6 nitrogen and oxygen atoms in total. The molecule has 0 saturated heterocycles. The minimum atomic E-state index is -0.427. The third kappa shape index (κ3) is 4.19. The van der Waals surface area contributed by atoms with Crippen molar-refractivity contribution in [2.75, 3.05) is 38.1 Å². The van der Waals surface area contributed by atoms with E-state index >= 15 is 0 Å². The van der Waals surface area contributed by atoms with E-state index in [1.165, 1.54) is 20.3 Å². The second-order valence-electron chi connectivity index (χ2n) is 4.42. The highest BCUT2D eigenvalue weighted by atomic mass is 32.2. The molecule has 1 rings (SSSR count). The zero-order valence-corrected chi connectivity index (χ0v) is 13.0. The van der Waals surface area contributed by atoms with E-state index in [9.17, 15) is 10.1 Å². The number of rotatable bonds is 8. The van der Waals surface area contributed by atoms with E-state index < -0.39 is 4.92 Å². The van der Waals surface area contributed by atoms with Gasteiger partial charge in [-0.3, -0.25) is 10.1 Å². The first-order chi connectivity index (χ1) is 9.53. The highest BCUT2D eigenvalue weighted by Gasteiger charge is 2.19. The normalized spacial score (nSPS) is 11.8. The van der Waals surface area contributed by atoms with E-state index in [4.69, 9.17) is 9.47 Å². The Morgan fingerprint density at radius 3 is 2.45 bits per heavy atom. The van der Waals surface area contributed by atoms with Gasteiger partial charge in [0.05, 0.1) is 25.2 Å². The maximum Gasteiger partial charge on any atom is 0.296 e. The number of hydrogen-bond acceptors (Lipinski definition) is 6. The van der Waals surface area contributed by atoms with Crippen molar-refractivity contribution >= 4 is 23.1 Å². The Hall–Kier alpha value is -1.63. The quantitative estimate of drug-likeness (QED) is 0.587. The summed E-state index contributed by atoms with van der Waals surface area (Å²) in [6, 6.07) is 2.98. The average Bonchev–Trinajstić information content (AvgIpc) is 2.44. The van der Waals surface area contributed by atoms with E-state index in [-0.39, 0.29) is 5.69 Å². The molecule has 1 atom stereocenters. The predicted molar refractivity (Wildman–Crippen MR) is 82.2 cm³/mol. The molecule has 7 heteroatoms. The maximum atomic E-state index is 11.1. The van der Waals surface area contributed by atoms with Gasteiger partial charge in [0, 0.05) is 12.6 Å². The molecule has 20 heavy (non-hydrogen) atoms. The van der Waals surface area contributed by atoms with E-state index in [2.05, 4.69) is 12.2 Å². The molecule has 1 aromatic carbocycles. The lowest BCUT2D eigenvalue weighted by molar-refractivity contribution is -0.384. The Morgan fingerprint density at radius 2 is 1.95 bits per heavy atom. The van der Waals surface area contributed by atoms with Crippen molar-refractivity contribution in [1.29, 1.82) is 0 Å². The molecule has 112 valence electrons. The first-order valence-electron chi connectivity index (χ1n) is 6.16. The second kappa shape index (κ2) is 7.84. The molecule has 0 aliphatic rings. The molecule has 1 unspecified atom stereocenters. The van der Waals surface area contributed by atoms with Crippen LogP contribution >= 0.6 is 11.8 Å². The number of nitro benzene ring substituents is 1. The fraction of sp³-hybridized carbons (Fsp3) is 0.538. The van der Waals surface area contributed by atoms with Crippen molar-refractivity contribution in [2.45, 2.75) is 6.92 Å². The second-order valence-corrected chi connectivity index (χ2v) is 5.33. The van der Waals surface area contributed by atoms with Crippen LogP contribution in [-0.2, 0) is 0 Å². The van der Waals surface area contributed by atoms with Crippen molar-refractivity contribution in [3.63, 3.8) is 0 Å². The topological polar surface area (TPSA) is 73.6 Å². The SMILES string of the molecule is COc1cc(NCC(C)CSC)c([N+](=O)[O-])cc1OC. The van der Waals surface area contributed by atoms with Crippen molar-refractivity contribution in [3.8, 4) is 11.5 Å². The average molecular weight is 300 g/mol. The lowest BCUT2D eigenvalue weighted by atomic mass is 10.2. The van der Waals surface area contributed by atoms with Gasteiger partial charge in [0.25, 0.3) is 5.69 Å². The summed E-state index contributed by atoms with van der Waals surface area (Å²) >= 11 is 1.75. The minimum absolute atomic E-state index is 0.0148. The van der Waals surface area contributed by atoms with Crippen LogP contribution in [0.1, 0.15) is 6.92 Å². The summed E-state index contributed by atoms with van der Waals surface area (Å²) in [5, 5.41) is 14.2. The molecule has 0 aliphatic carbocycles. The van der Waals surface area contributed by atoms with Gasteiger partial charge in [-0.15, -0.1) is 0 Å². The zero-order valence-electron chi connectivity index (χ0n) is 12.1. The number of hydrogen-bond donors (Lipinski definition) is 1. The third-order valence-corrected chi connectivity index (χ3v) is 3.69. The molecule has 0 bridgehead atoms. The molecule has 0 saturated carbocycles. The Morgan fingerprint density at radius 1 is 1.35 bits per heavy atom. The molecule has 0 radical (unpaired) electrons. The minimum Gasteiger partial charge on any atom is -0.493 e. The monoisotopic (exact) mass is 300 g/mol. The number of methoxy groups -OCH3 is 2. The Labute approximate surface area is 123 Å². The molecule has 0 spiro atoms. The van der Waals surface area contributed by atoms with Gasteiger partial charge in [-0.1, -0.05) is 6.92 Å². The fourth-order valence-corrected chi connectivity index (χ4v) is 2.48. The molecule has 0 heterocycles. The number of ether oxygens (including phenoxy) is 2. The van der Waals surface area contributed by atoms with Crippen LogP contribution in [0, 0.1) is 16.0 Å². The van der Waals surface area contributed by atoms with Gasteiger partial charge in [-0.05, 0) is 17.9 Å². The van der Waals surface area contributed by atoms with Gasteiger partial charge in [0.1, 0.15) is 5.69 Å². The summed E-state index contributed by atoms with van der Waals surface area (Å²) in [6.45, 7) is 2.76. The van der Waals surface area contributed by atoms with E-state index in [0.717, 1.165) is 5.75 Å². The molecule has 0 fully saturated rings. The van der Waals surface area contributed by atoms with E-state index in [1.54, 1.807) is 17.8 Å². The summed E-state index contributed by atoms with van der Waals surface area (Å²) in [7, 11) is 2.96. The molecular weight excluding hydrogens is 280 g/mol. The summed E-state index contributed by atoms with van der Waals surface area (Å²) in [5.74, 6) is 2.23. The molecule has 0 amide bonds. The van der Waals surface area contributed by atoms with Crippen molar-refractivity contribution in [2.24, 2.45) is 5.92 Å². The summed E-state index contributed by atoms with van der Waals surface area (Å²) in [5.41, 5.74) is 0.430. The highest BCUT2D eigenvalue weighted by molar-refractivity contribution is 7.98. The highest BCUT2D eigenvalue weighted by Crippen LogP contribution is 2.37. The number of nitrogens with one attached hydrogen (secondary N) is 1. The van der Waals surface area contributed by atoms with Crippen LogP contribution in [0.25, 0.3) is 0 Å². The van der Waals surface area contributed by atoms with E-state index in [0.29, 0.717) is 29.6 Å². The van der Waals surface area contributed by atoms with Gasteiger partial charge in [-0.25, -0.2) is 0 Å². The first-order valence-corrected chi connectivity index (χ1v) is 7.56. The number of nitro groups is 1. The molecule has 1 aromatic rings. The van der Waals surface area contributed by atoms with Crippen LogP contribution in [0.5, 0.6) is 11.5 Å². The van der Waals surface area contributed by atoms with Crippen LogP contribution in [-0.4, -0.2) is 37.7 Å². The largest absolute Gasteiger partial charge is 0.493 e. The smallest absolute Gasteiger partial charge is 0.296 e. The van der Waals surface area contributed by atoms with Crippen LogP contribution in [0.3, 0.4) is 0 Å². The van der Waals surface area contributed by atoms with Crippen LogP contribution in [0.15, 0.2) is 12.1 Å². The van der Waals surface area contributed by atoms with Gasteiger partial charge in [0.2, 0.25) is 0 Å². The number of thioether (sulfide) groups is 1. The maximum absolute atomic E-state index is 11.1. The Kier molecular flexibility index (Phi) is 6.44. The van der Waals surface area contributed by atoms with Crippen LogP contribution in [0.2, 0.25) is 0 Å². The fourth-order valence-electron chi connectivity index (χ4n) is 1.79. The van der Waals surface area contributed by atoms with E-state index in [1.807, 2.05) is 6.26 Å². The predicted octanol–water partition coefficient (Wildman–Crippen LogP) is 3.02. The van der Waals surface area contributed by atoms with Gasteiger partial charge in [-0.2, -0.15) is 11.8 Å². The summed E-state index contributed by atoms with van der Waals surface area (Å²) in [4.78, 5) is 10.7. The van der Waals surface area contributed by atoms with Crippen molar-refractivity contribution in [3.05, 3.63) is 22.2 Å². The molecule has 0 aliphatic heterocycles. The number of nitrogens with zero attached hydrogens (tertiary/aromatic N) is 1.